The third-order valence-electron chi connectivity index (χ3n) is 7.35. The van der Waals surface area contributed by atoms with E-state index in [2.05, 4.69) is 10.6 Å². The van der Waals surface area contributed by atoms with E-state index < -0.39 is 47.4 Å². The van der Waals surface area contributed by atoms with E-state index >= 15 is 0 Å². The van der Waals surface area contributed by atoms with Crippen LogP contribution in [0.5, 0.6) is 5.75 Å². The number of nitrogens with one attached hydrogen (secondary N) is 2. The average molecular weight is 605 g/mol. The fourth-order valence-corrected chi connectivity index (χ4v) is 4.56. The van der Waals surface area contributed by atoms with E-state index in [0.717, 1.165) is 11.1 Å². The van der Waals surface area contributed by atoms with Gasteiger partial charge in [0.25, 0.3) is 0 Å². The van der Waals surface area contributed by atoms with Crippen molar-refractivity contribution in [3.63, 3.8) is 0 Å². The van der Waals surface area contributed by atoms with Crippen molar-refractivity contribution in [1.29, 1.82) is 0 Å². The Labute approximate surface area is 259 Å². The summed E-state index contributed by atoms with van der Waals surface area (Å²) in [4.78, 5) is 53.0. The Bertz CT molecular complexity index is 1330. The maximum Gasteiger partial charge on any atom is 0.347 e. The zero-order valence-electron chi connectivity index (χ0n) is 26.1. The molecule has 236 valence electrons. The zero-order valence-corrected chi connectivity index (χ0v) is 26.1. The highest BCUT2D eigenvalue weighted by atomic mass is 16.6. The van der Waals surface area contributed by atoms with Crippen molar-refractivity contribution in [2.45, 2.75) is 72.1 Å². The third-order valence-corrected chi connectivity index (χ3v) is 7.35. The van der Waals surface area contributed by atoms with E-state index in [1.54, 1.807) is 32.1 Å². The molecular weight excluding hydrogens is 560 g/mol. The molecule has 0 aromatic heterocycles. The van der Waals surface area contributed by atoms with E-state index in [1.165, 1.54) is 18.2 Å². The molecule has 0 bridgehead atoms. The standard InChI is InChI=1S/C35H44N2O7/c1-23(2)20-30-33(41)43-29(24(3)14-15-25-10-7-6-8-11-25)12-9-13-31(39)37-28(21-26-16-18-27(38)19-17-26)32(40)36-22-35(4,5)34(42)44-30/h6-11,13-19,23-24,28-30,38H,12,20-22H2,1-5H3,(H,36,40)(H,37,39)/b13-9+,15-14+/t24-,28-,29?,30?/m1/s1. The molecule has 1 heterocycles. The Balaban J connectivity index is 1.92. The predicted octanol–water partition coefficient (Wildman–Crippen LogP) is 4.74. The Morgan fingerprint density at radius 3 is 2.32 bits per heavy atom. The van der Waals surface area contributed by atoms with Gasteiger partial charge in [-0.2, -0.15) is 0 Å². The van der Waals surface area contributed by atoms with Gasteiger partial charge >= 0.3 is 11.9 Å². The van der Waals surface area contributed by atoms with Crippen LogP contribution in [0.1, 0.15) is 58.6 Å². The molecule has 3 rings (SSSR count). The van der Waals surface area contributed by atoms with E-state index in [1.807, 2.05) is 63.3 Å². The molecule has 2 unspecified atom stereocenters. The molecule has 1 aliphatic heterocycles. The highest BCUT2D eigenvalue weighted by Crippen LogP contribution is 2.23. The number of rotatable bonds is 7. The normalized spacial score (nSPS) is 23.4. The van der Waals surface area contributed by atoms with Crippen LogP contribution in [0.2, 0.25) is 0 Å². The van der Waals surface area contributed by atoms with Gasteiger partial charge in [0.1, 0.15) is 17.9 Å². The van der Waals surface area contributed by atoms with Crippen molar-refractivity contribution in [3.8, 4) is 5.75 Å². The SMILES string of the molecule is CC(C)CC1OC(=O)C(C)(C)CNC(=O)[C@@H](Cc2ccc(O)cc2)NC(=O)/C=C/CC([C@H](C)/C=C/c2ccccc2)OC1=O. The average Bonchev–Trinajstić information content (AvgIpc) is 2.98. The third kappa shape index (κ3) is 10.7. The van der Waals surface area contributed by atoms with Crippen LogP contribution in [-0.4, -0.2) is 53.7 Å². The molecular formula is C35H44N2O7. The summed E-state index contributed by atoms with van der Waals surface area (Å²) < 4.78 is 11.7. The van der Waals surface area contributed by atoms with Crippen molar-refractivity contribution in [2.75, 3.05) is 6.54 Å². The topological polar surface area (TPSA) is 131 Å². The minimum absolute atomic E-state index is 0.0341. The number of carbonyl (C=O) groups is 4. The first-order valence-corrected chi connectivity index (χ1v) is 15.0. The lowest BCUT2D eigenvalue weighted by molar-refractivity contribution is -0.178. The summed E-state index contributed by atoms with van der Waals surface area (Å²) in [5.74, 6) is -2.41. The second-order valence-corrected chi connectivity index (χ2v) is 12.3. The fraction of sp³-hybridized carbons (Fsp3) is 0.429. The molecule has 0 fully saturated rings. The van der Waals surface area contributed by atoms with Gasteiger partial charge in [-0.15, -0.1) is 0 Å². The van der Waals surface area contributed by atoms with Crippen molar-refractivity contribution in [1.82, 2.24) is 10.6 Å². The molecule has 2 aromatic rings. The molecule has 1 aliphatic rings. The van der Waals surface area contributed by atoms with Crippen LogP contribution in [0, 0.1) is 17.3 Å². The van der Waals surface area contributed by atoms with Crippen molar-refractivity contribution in [3.05, 3.63) is 84.0 Å². The summed E-state index contributed by atoms with van der Waals surface area (Å²) in [6.45, 7) is 8.90. The Morgan fingerprint density at radius 2 is 1.66 bits per heavy atom. The molecule has 9 heteroatoms. The number of hydrogen-bond acceptors (Lipinski definition) is 7. The number of phenols is 1. The van der Waals surface area contributed by atoms with Crippen molar-refractivity contribution >= 4 is 29.8 Å². The predicted molar refractivity (Wildman–Crippen MR) is 168 cm³/mol. The van der Waals surface area contributed by atoms with Crippen LogP contribution in [-0.2, 0) is 35.1 Å². The smallest absolute Gasteiger partial charge is 0.347 e. The number of ether oxygens (including phenoxy) is 2. The van der Waals surface area contributed by atoms with Crippen LogP contribution in [0.15, 0.2) is 72.8 Å². The summed E-state index contributed by atoms with van der Waals surface area (Å²) in [5, 5.41) is 15.1. The summed E-state index contributed by atoms with van der Waals surface area (Å²) in [5.41, 5.74) is 0.531. The van der Waals surface area contributed by atoms with Gasteiger partial charge in [-0.3, -0.25) is 14.4 Å². The molecule has 4 atom stereocenters. The van der Waals surface area contributed by atoms with Crippen LogP contribution < -0.4 is 10.6 Å². The van der Waals surface area contributed by atoms with Crippen molar-refractivity contribution < 1.29 is 33.8 Å². The van der Waals surface area contributed by atoms with Gasteiger partial charge in [0.15, 0.2) is 6.10 Å². The van der Waals surface area contributed by atoms with Gasteiger partial charge in [-0.05, 0) is 55.5 Å². The maximum absolute atomic E-state index is 13.4. The molecule has 0 aliphatic carbocycles. The second-order valence-electron chi connectivity index (χ2n) is 12.3. The summed E-state index contributed by atoms with van der Waals surface area (Å²) in [6.07, 6.45) is 5.65. The quantitative estimate of drug-likeness (QED) is 0.389. The number of hydrogen-bond donors (Lipinski definition) is 3. The summed E-state index contributed by atoms with van der Waals surface area (Å²) in [7, 11) is 0. The first-order chi connectivity index (χ1) is 20.8. The van der Waals surface area contributed by atoms with Crippen LogP contribution in [0.4, 0.5) is 0 Å². The van der Waals surface area contributed by atoms with Gasteiger partial charge in [-0.25, -0.2) is 4.79 Å². The monoisotopic (exact) mass is 604 g/mol. The lowest BCUT2D eigenvalue weighted by atomic mass is 9.93. The van der Waals surface area contributed by atoms with Gasteiger partial charge < -0.3 is 25.2 Å². The highest BCUT2D eigenvalue weighted by molar-refractivity contribution is 5.93. The van der Waals surface area contributed by atoms with Gasteiger partial charge in [0, 0.05) is 25.3 Å². The number of cyclic esters (lactones) is 2. The first-order valence-electron chi connectivity index (χ1n) is 15.0. The fourth-order valence-electron chi connectivity index (χ4n) is 4.56. The van der Waals surface area contributed by atoms with E-state index in [0.29, 0.717) is 0 Å². The van der Waals surface area contributed by atoms with Crippen LogP contribution in [0.3, 0.4) is 0 Å². The van der Waals surface area contributed by atoms with E-state index in [-0.39, 0.29) is 43.4 Å². The van der Waals surface area contributed by atoms with Crippen molar-refractivity contribution in [2.24, 2.45) is 17.3 Å². The molecule has 0 saturated heterocycles. The molecule has 44 heavy (non-hydrogen) atoms. The zero-order chi connectivity index (χ0) is 32.3. The molecule has 3 N–H and O–H groups in total. The van der Waals surface area contributed by atoms with E-state index in [4.69, 9.17) is 9.47 Å². The molecule has 0 radical (unpaired) electrons. The Morgan fingerprint density at radius 1 is 0.977 bits per heavy atom. The number of amides is 2. The first kappa shape index (κ1) is 34.1. The molecule has 0 saturated carbocycles. The van der Waals surface area contributed by atoms with Gasteiger partial charge in [-0.1, -0.05) is 81.5 Å². The van der Waals surface area contributed by atoms with Gasteiger partial charge in [0.05, 0.1) is 5.41 Å². The number of carbonyl (C=O) groups excluding carboxylic acids is 4. The summed E-state index contributed by atoms with van der Waals surface area (Å²) in [6, 6.07) is 15.1. The molecule has 9 nitrogen and oxygen atoms in total. The van der Waals surface area contributed by atoms with Crippen LogP contribution in [0.25, 0.3) is 6.08 Å². The maximum atomic E-state index is 13.4. The molecule has 2 aromatic carbocycles. The summed E-state index contributed by atoms with van der Waals surface area (Å²) >= 11 is 0. The number of phenolic OH excluding ortho intramolecular Hbond substituents is 1. The Hall–Kier alpha value is -4.40. The second kappa shape index (κ2) is 15.9. The lowest BCUT2D eigenvalue weighted by Crippen LogP contribution is -2.51. The highest BCUT2D eigenvalue weighted by Gasteiger charge is 2.37. The number of esters is 2. The molecule has 0 spiro atoms. The largest absolute Gasteiger partial charge is 0.508 e. The van der Waals surface area contributed by atoms with E-state index in [9.17, 15) is 24.3 Å². The van der Waals surface area contributed by atoms with Crippen LogP contribution >= 0.6 is 0 Å². The van der Waals surface area contributed by atoms with Gasteiger partial charge in [0.2, 0.25) is 11.8 Å². The number of benzene rings is 2. The minimum Gasteiger partial charge on any atom is -0.508 e. The lowest BCUT2D eigenvalue weighted by Gasteiger charge is -2.29. The minimum atomic E-state index is -1.18. The number of aromatic hydroxyl groups is 1. The molecule has 2 amide bonds. The Kier molecular flexibility index (Phi) is 12.3.